The Morgan fingerprint density at radius 3 is 2.90 bits per heavy atom. The van der Waals surface area contributed by atoms with Gasteiger partial charge in [-0.3, -0.25) is 9.89 Å². The average molecular weight is 392 g/mol. The second-order valence-corrected chi connectivity index (χ2v) is 7.60. The third-order valence-corrected chi connectivity index (χ3v) is 5.46. The number of fused-ring (bicyclic) bond motifs is 1. The van der Waals surface area contributed by atoms with Crippen molar-refractivity contribution in [2.24, 2.45) is 4.99 Å². The maximum absolute atomic E-state index is 6.11. The molecule has 0 radical (unpaired) electrons. The fraction of sp³-hybridized carbons (Fsp3) is 0.375. The number of ether oxygens (including phenoxy) is 2. The number of hydrogen-bond donors (Lipinski definition) is 0. The minimum absolute atomic E-state index is 0.268. The Labute approximate surface area is 173 Å². The minimum Gasteiger partial charge on any atom is -0.492 e. The minimum atomic E-state index is 0.268. The molecule has 1 saturated heterocycles. The quantitative estimate of drug-likeness (QED) is 0.513. The van der Waals surface area contributed by atoms with Crippen LogP contribution in [-0.2, 0) is 0 Å². The van der Waals surface area contributed by atoms with Crippen molar-refractivity contribution in [3.63, 3.8) is 0 Å². The first-order chi connectivity index (χ1) is 14.2. The van der Waals surface area contributed by atoms with Crippen LogP contribution in [0.15, 0.2) is 59.4 Å². The lowest BCUT2D eigenvalue weighted by Crippen LogP contribution is -2.25. The number of hydrogen-bond acceptors (Lipinski definition) is 4. The van der Waals surface area contributed by atoms with Gasteiger partial charge >= 0.3 is 0 Å². The van der Waals surface area contributed by atoms with Crippen LogP contribution in [-0.4, -0.2) is 49.1 Å². The second kappa shape index (κ2) is 9.14. The molecule has 29 heavy (non-hydrogen) atoms. The normalized spacial score (nSPS) is 19.5. The first-order valence-electron chi connectivity index (χ1n) is 10.4. The average Bonchev–Trinajstić information content (AvgIpc) is 3.39. The highest BCUT2D eigenvalue weighted by Gasteiger charge is 2.18. The van der Waals surface area contributed by atoms with Gasteiger partial charge in [-0.15, -0.1) is 0 Å². The Balaban J connectivity index is 1.40. The number of allylic oxidation sites excluding steroid dienone is 2. The number of rotatable bonds is 7. The molecule has 5 nitrogen and oxygen atoms in total. The van der Waals surface area contributed by atoms with Crippen LogP contribution in [0.25, 0.3) is 6.08 Å². The van der Waals surface area contributed by atoms with E-state index in [0.29, 0.717) is 0 Å². The van der Waals surface area contributed by atoms with Crippen molar-refractivity contribution in [2.75, 3.05) is 33.3 Å². The van der Waals surface area contributed by atoms with Crippen LogP contribution in [0.5, 0.6) is 11.5 Å². The lowest BCUT2D eigenvalue weighted by atomic mass is 9.97. The molecule has 0 amide bonds. The van der Waals surface area contributed by atoms with Crippen molar-refractivity contribution in [2.45, 2.75) is 25.7 Å². The Bertz CT molecular complexity index is 920. The van der Waals surface area contributed by atoms with Gasteiger partial charge in [-0.05, 0) is 74.5 Å². The van der Waals surface area contributed by atoms with Gasteiger partial charge in [0.05, 0.1) is 6.34 Å². The molecule has 0 N–H and O–H groups in total. The molecule has 5 heteroatoms. The van der Waals surface area contributed by atoms with Gasteiger partial charge in [0.15, 0.2) is 0 Å². The third-order valence-electron chi connectivity index (χ3n) is 5.46. The van der Waals surface area contributed by atoms with E-state index in [2.05, 4.69) is 29.0 Å². The Morgan fingerprint density at radius 2 is 2.07 bits per heavy atom. The smallest absolute Gasteiger partial charge is 0.131 e. The van der Waals surface area contributed by atoms with Gasteiger partial charge in [-0.2, -0.15) is 0 Å². The first-order valence-corrected chi connectivity index (χ1v) is 10.4. The maximum atomic E-state index is 6.11. The summed E-state index contributed by atoms with van der Waals surface area (Å²) in [5.41, 5.74) is 2.22. The predicted molar refractivity (Wildman–Crippen MR) is 118 cm³/mol. The van der Waals surface area contributed by atoms with Crippen molar-refractivity contribution in [3.8, 4) is 11.5 Å². The summed E-state index contributed by atoms with van der Waals surface area (Å²) >= 11 is 0. The molecule has 2 aliphatic rings. The van der Waals surface area contributed by atoms with E-state index in [0.717, 1.165) is 36.1 Å². The first kappa shape index (κ1) is 19.5. The summed E-state index contributed by atoms with van der Waals surface area (Å²) in [6.07, 6.45) is 12.6. The summed E-state index contributed by atoms with van der Waals surface area (Å²) in [6, 6.07) is 10.2. The van der Waals surface area contributed by atoms with Crippen LogP contribution in [0, 0.1) is 0 Å². The van der Waals surface area contributed by atoms with Gasteiger partial charge < -0.3 is 14.0 Å². The zero-order valence-corrected chi connectivity index (χ0v) is 17.3. The maximum Gasteiger partial charge on any atom is 0.131 e. The number of aromatic nitrogens is 1. The lowest BCUT2D eigenvalue weighted by molar-refractivity contribution is 0.237. The van der Waals surface area contributed by atoms with E-state index in [1.54, 1.807) is 13.4 Å². The standard InChI is InChI=1S/C24H29N3O2/c1-19-16-22(8-7-20-6-5-13-27(20)18-25-2)29-24-10-9-21(17-23(19)24)28-15-14-26-11-3-4-12-26/h5-10,13,16-19H,3-4,11-12,14-15H2,1-2H3/b8-7+,25-18?. The van der Waals surface area contributed by atoms with E-state index in [1.165, 1.54) is 31.5 Å². The van der Waals surface area contributed by atoms with Gasteiger partial charge in [0, 0.05) is 37.0 Å². The van der Waals surface area contributed by atoms with E-state index < -0.39 is 0 Å². The van der Waals surface area contributed by atoms with Gasteiger partial charge in [-0.1, -0.05) is 6.92 Å². The highest BCUT2D eigenvalue weighted by atomic mass is 16.5. The molecule has 0 saturated carbocycles. The Morgan fingerprint density at radius 1 is 1.21 bits per heavy atom. The number of likely N-dealkylation sites (tertiary alicyclic amines) is 1. The second-order valence-electron chi connectivity index (χ2n) is 7.60. The zero-order valence-electron chi connectivity index (χ0n) is 17.3. The molecule has 3 heterocycles. The summed E-state index contributed by atoms with van der Waals surface area (Å²) < 4.78 is 14.1. The van der Waals surface area contributed by atoms with Crippen molar-refractivity contribution in [1.29, 1.82) is 0 Å². The molecule has 0 spiro atoms. The molecule has 1 unspecified atom stereocenters. The topological polar surface area (TPSA) is 39.0 Å². The van der Waals surface area contributed by atoms with Crippen LogP contribution in [0.2, 0.25) is 0 Å². The van der Waals surface area contributed by atoms with E-state index in [4.69, 9.17) is 9.47 Å². The van der Waals surface area contributed by atoms with E-state index in [9.17, 15) is 0 Å². The summed E-state index contributed by atoms with van der Waals surface area (Å²) in [7, 11) is 1.77. The molecule has 2 aliphatic heterocycles. The number of aliphatic imine (C=N–C) groups is 1. The van der Waals surface area contributed by atoms with Crippen LogP contribution in [0.4, 0.5) is 0 Å². The molecule has 2 aromatic rings. The molecule has 0 aliphatic carbocycles. The monoisotopic (exact) mass is 391 g/mol. The van der Waals surface area contributed by atoms with Crippen molar-refractivity contribution >= 4 is 12.4 Å². The molecule has 0 bridgehead atoms. The Kier molecular flexibility index (Phi) is 6.15. The largest absolute Gasteiger partial charge is 0.492 e. The van der Waals surface area contributed by atoms with E-state index in [-0.39, 0.29) is 5.92 Å². The third kappa shape index (κ3) is 4.80. The summed E-state index contributed by atoms with van der Waals surface area (Å²) in [4.78, 5) is 6.54. The molecular formula is C24H29N3O2. The summed E-state index contributed by atoms with van der Waals surface area (Å²) in [6.45, 7) is 6.33. The molecule has 1 atom stereocenters. The molecule has 152 valence electrons. The summed E-state index contributed by atoms with van der Waals surface area (Å²) in [5.74, 6) is 2.94. The predicted octanol–water partition coefficient (Wildman–Crippen LogP) is 4.56. The molecule has 1 aromatic heterocycles. The number of nitrogens with zero attached hydrogens (tertiary/aromatic N) is 3. The highest BCUT2D eigenvalue weighted by molar-refractivity contribution is 5.65. The van der Waals surface area contributed by atoms with Gasteiger partial charge in [0.25, 0.3) is 0 Å². The zero-order chi connectivity index (χ0) is 20.1. The fourth-order valence-electron chi connectivity index (χ4n) is 3.90. The summed E-state index contributed by atoms with van der Waals surface area (Å²) in [5, 5.41) is 0. The van der Waals surface area contributed by atoms with Crippen molar-refractivity contribution < 1.29 is 9.47 Å². The fourth-order valence-corrected chi connectivity index (χ4v) is 3.90. The lowest BCUT2D eigenvalue weighted by Gasteiger charge is -2.22. The van der Waals surface area contributed by atoms with E-state index in [1.807, 2.05) is 47.2 Å². The molecule has 1 fully saturated rings. The van der Waals surface area contributed by atoms with Gasteiger partial charge in [0.2, 0.25) is 0 Å². The number of benzene rings is 1. The van der Waals surface area contributed by atoms with Crippen molar-refractivity contribution in [3.05, 3.63) is 65.7 Å². The molecule has 1 aromatic carbocycles. The van der Waals surface area contributed by atoms with Gasteiger partial charge in [-0.25, -0.2) is 0 Å². The van der Waals surface area contributed by atoms with E-state index >= 15 is 0 Å². The van der Waals surface area contributed by atoms with Crippen LogP contribution in [0.1, 0.15) is 36.9 Å². The highest BCUT2D eigenvalue weighted by Crippen LogP contribution is 2.37. The SMILES string of the molecule is CN=Cn1cccc1/C=C/C1=CC(C)c2cc(OCCN3CCCC3)ccc2O1. The van der Waals surface area contributed by atoms with Gasteiger partial charge in [0.1, 0.15) is 23.9 Å². The van der Waals surface area contributed by atoms with Crippen molar-refractivity contribution in [1.82, 2.24) is 9.47 Å². The Hall–Kier alpha value is -2.79. The van der Waals surface area contributed by atoms with Crippen LogP contribution in [0.3, 0.4) is 0 Å². The van der Waals surface area contributed by atoms with Crippen LogP contribution >= 0.6 is 0 Å². The molecule has 4 rings (SSSR count). The molecular weight excluding hydrogens is 362 g/mol. The van der Waals surface area contributed by atoms with Crippen LogP contribution < -0.4 is 9.47 Å².